The molecule has 0 saturated heterocycles. The lowest BCUT2D eigenvalue weighted by Crippen LogP contribution is -2.41. The number of thioether (sulfide) groups is 1. The highest BCUT2D eigenvalue weighted by Crippen LogP contribution is 2.39. The second-order valence-electron chi connectivity index (χ2n) is 7.64. The van der Waals surface area contributed by atoms with Gasteiger partial charge in [0, 0.05) is 29.9 Å². The number of carbonyl (C=O) groups excluding carboxylic acids is 1. The van der Waals surface area contributed by atoms with Crippen LogP contribution < -0.4 is 10.1 Å². The maximum absolute atomic E-state index is 12.5. The van der Waals surface area contributed by atoms with Crippen LogP contribution in [0.2, 0.25) is 0 Å². The normalized spacial score (nSPS) is 17.3. The van der Waals surface area contributed by atoms with Crippen molar-refractivity contribution in [2.45, 2.75) is 44.6 Å². The van der Waals surface area contributed by atoms with Gasteiger partial charge < -0.3 is 10.1 Å². The number of benzene rings is 2. The van der Waals surface area contributed by atoms with Gasteiger partial charge in [0.1, 0.15) is 11.4 Å². The number of aryl methyl sites for hydroxylation is 1. The molecule has 6 nitrogen and oxygen atoms in total. The summed E-state index contributed by atoms with van der Waals surface area (Å²) in [5.74, 6) is 1.75. The van der Waals surface area contributed by atoms with Gasteiger partial charge in [0.05, 0.1) is 16.7 Å². The maximum Gasteiger partial charge on any atom is 0.269 e. The second kappa shape index (κ2) is 8.22. The van der Waals surface area contributed by atoms with Gasteiger partial charge >= 0.3 is 0 Å². The summed E-state index contributed by atoms with van der Waals surface area (Å²) in [6.07, 6.45) is 0.711. The number of nitro groups is 1. The van der Waals surface area contributed by atoms with Gasteiger partial charge in [0.2, 0.25) is 5.91 Å². The molecule has 148 valence electrons. The summed E-state index contributed by atoms with van der Waals surface area (Å²) < 4.78 is 6.05. The van der Waals surface area contributed by atoms with E-state index in [0.717, 1.165) is 22.4 Å². The second-order valence-corrected chi connectivity index (χ2v) is 8.63. The van der Waals surface area contributed by atoms with Crippen molar-refractivity contribution < 1.29 is 14.5 Å². The molecule has 0 radical (unpaired) electrons. The zero-order valence-electron chi connectivity index (χ0n) is 16.2. The Morgan fingerprint density at radius 2 is 2.00 bits per heavy atom. The molecule has 0 spiro atoms. The number of amides is 1. The largest absolute Gasteiger partial charge is 0.487 e. The summed E-state index contributed by atoms with van der Waals surface area (Å²) in [5.41, 5.74) is 2.84. The lowest BCUT2D eigenvalue weighted by Gasteiger charge is -2.38. The van der Waals surface area contributed by atoms with Crippen molar-refractivity contribution in [2.24, 2.45) is 0 Å². The smallest absolute Gasteiger partial charge is 0.269 e. The number of fused-ring (bicyclic) bond motifs is 1. The molecule has 7 heteroatoms. The van der Waals surface area contributed by atoms with Crippen molar-refractivity contribution in [1.29, 1.82) is 0 Å². The molecular formula is C21H24N2O4S. The average molecular weight is 401 g/mol. The van der Waals surface area contributed by atoms with Gasteiger partial charge in [-0.2, -0.15) is 0 Å². The number of hydrogen-bond donors (Lipinski definition) is 1. The molecule has 0 unspecified atom stereocenters. The lowest BCUT2D eigenvalue weighted by molar-refractivity contribution is -0.384. The topological polar surface area (TPSA) is 81.5 Å². The molecule has 1 atom stereocenters. The molecule has 1 N–H and O–H groups in total. The Labute approximate surface area is 168 Å². The summed E-state index contributed by atoms with van der Waals surface area (Å²) in [5, 5.41) is 13.8. The Balaban J connectivity index is 1.57. The third kappa shape index (κ3) is 5.04. The van der Waals surface area contributed by atoms with Crippen molar-refractivity contribution in [3.63, 3.8) is 0 Å². The molecule has 1 amide bonds. The van der Waals surface area contributed by atoms with E-state index >= 15 is 0 Å². The van der Waals surface area contributed by atoms with Crippen LogP contribution in [0.25, 0.3) is 0 Å². The van der Waals surface area contributed by atoms with Gasteiger partial charge in [0.25, 0.3) is 5.69 Å². The number of non-ortho nitro benzene ring substituents is 1. The molecular weight excluding hydrogens is 376 g/mol. The molecule has 0 fully saturated rings. The van der Waals surface area contributed by atoms with Gasteiger partial charge in [-0.3, -0.25) is 14.9 Å². The highest BCUT2D eigenvalue weighted by Gasteiger charge is 2.34. The van der Waals surface area contributed by atoms with Crippen LogP contribution in [0.3, 0.4) is 0 Å². The summed E-state index contributed by atoms with van der Waals surface area (Å²) in [6, 6.07) is 12.4. The van der Waals surface area contributed by atoms with Crippen LogP contribution in [0, 0.1) is 17.0 Å². The van der Waals surface area contributed by atoms with Gasteiger partial charge in [-0.15, -0.1) is 11.8 Å². The lowest BCUT2D eigenvalue weighted by atomic mass is 9.89. The van der Waals surface area contributed by atoms with Crippen molar-refractivity contribution in [3.05, 3.63) is 69.3 Å². The molecule has 28 heavy (non-hydrogen) atoms. The zero-order chi connectivity index (χ0) is 20.3. The number of rotatable bonds is 6. The van der Waals surface area contributed by atoms with Crippen molar-refractivity contribution in [1.82, 2.24) is 5.32 Å². The molecule has 1 heterocycles. The average Bonchev–Trinajstić information content (AvgIpc) is 2.62. The third-order valence-electron chi connectivity index (χ3n) is 4.61. The number of hydrogen-bond acceptors (Lipinski definition) is 5. The molecule has 2 aromatic rings. The van der Waals surface area contributed by atoms with Crippen LogP contribution in [0.4, 0.5) is 5.69 Å². The van der Waals surface area contributed by atoms with Crippen LogP contribution in [0.5, 0.6) is 5.75 Å². The first-order chi connectivity index (χ1) is 13.2. The van der Waals surface area contributed by atoms with Gasteiger partial charge in [-0.05, 0) is 32.4 Å². The van der Waals surface area contributed by atoms with Gasteiger partial charge in [-0.1, -0.05) is 29.8 Å². The van der Waals surface area contributed by atoms with E-state index in [1.807, 2.05) is 32.9 Å². The highest BCUT2D eigenvalue weighted by molar-refractivity contribution is 7.99. The maximum atomic E-state index is 12.5. The summed E-state index contributed by atoms with van der Waals surface area (Å²) in [4.78, 5) is 22.8. The minimum atomic E-state index is -0.417. The predicted octanol–water partition coefficient (Wildman–Crippen LogP) is 4.56. The van der Waals surface area contributed by atoms with E-state index in [0.29, 0.717) is 17.9 Å². The van der Waals surface area contributed by atoms with Crippen molar-refractivity contribution >= 4 is 23.4 Å². The van der Waals surface area contributed by atoms with Crippen LogP contribution in [0.1, 0.15) is 43.0 Å². The minimum Gasteiger partial charge on any atom is -0.487 e. The van der Waals surface area contributed by atoms with Crippen LogP contribution in [-0.4, -0.2) is 22.2 Å². The summed E-state index contributed by atoms with van der Waals surface area (Å²) >= 11 is 1.49. The van der Waals surface area contributed by atoms with Gasteiger partial charge in [-0.25, -0.2) is 0 Å². The van der Waals surface area contributed by atoms with Gasteiger partial charge in [0.15, 0.2) is 0 Å². The fraction of sp³-hybridized carbons (Fsp3) is 0.381. The first-order valence-electron chi connectivity index (χ1n) is 9.13. The van der Waals surface area contributed by atoms with E-state index in [2.05, 4.69) is 11.4 Å². The number of ether oxygens (including phenoxy) is 1. The SMILES string of the molecule is Cc1ccc2c(c1)[C@@H](NC(=O)CSCc1ccc([N+](=O)[O-])cc1)CC(C)(C)O2. The monoisotopic (exact) mass is 400 g/mol. The summed E-state index contributed by atoms with van der Waals surface area (Å²) in [6.45, 7) is 6.08. The molecule has 1 aliphatic heterocycles. The van der Waals surface area contributed by atoms with E-state index in [4.69, 9.17) is 4.74 Å². The number of carbonyl (C=O) groups is 1. The standard InChI is InChI=1S/C21H24N2O4S/c1-14-4-9-19-17(10-14)18(11-21(2,3)27-19)22-20(24)13-28-12-15-5-7-16(8-6-15)23(25)26/h4-10,18H,11-13H2,1-3H3,(H,22,24)/t18-/m0/s1. The van der Waals surface area contributed by atoms with Crippen molar-refractivity contribution in [2.75, 3.05) is 5.75 Å². The molecule has 3 rings (SSSR count). The zero-order valence-corrected chi connectivity index (χ0v) is 17.0. The molecule has 0 aliphatic carbocycles. The first kappa shape index (κ1) is 20.2. The Kier molecular flexibility index (Phi) is 5.93. The molecule has 0 aromatic heterocycles. The minimum absolute atomic E-state index is 0.0259. The Morgan fingerprint density at radius 1 is 1.29 bits per heavy atom. The Morgan fingerprint density at radius 3 is 2.68 bits per heavy atom. The fourth-order valence-electron chi connectivity index (χ4n) is 3.31. The van der Waals surface area contributed by atoms with E-state index in [9.17, 15) is 14.9 Å². The summed E-state index contributed by atoms with van der Waals surface area (Å²) in [7, 11) is 0. The number of nitro benzene ring substituents is 1. The first-order valence-corrected chi connectivity index (χ1v) is 10.3. The van der Waals surface area contributed by atoms with E-state index < -0.39 is 4.92 Å². The van der Waals surface area contributed by atoms with Crippen LogP contribution >= 0.6 is 11.8 Å². The number of nitrogens with zero attached hydrogens (tertiary/aromatic N) is 1. The third-order valence-corrected chi connectivity index (χ3v) is 5.61. The Bertz CT molecular complexity index is 880. The fourth-order valence-corrected chi connectivity index (χ4v) is 4.11. The number of nitrogens with one attached hydrogen (secondary N) is 1. The molecule has 0 bridgehead atoms. The molecule has 0 saturated carbocycles. The van der Waals surface area contributed by atoms with Crippen molar-refractivity contribution in [3.8, 4) is 5.75 Å². The van der Waals surface area contributed by atoms with Crippen LogP contribution in [0.15, 0.2) is 42.5 Å². The quantitative estimate of drug-likeness (QED) is 0.568. The van der Waals surface area contributed by atoms with E-state index in [1.165, 1.54) is 23.9 Å². The predicted molar refractivity (Wildman–Crippen MR) is 111 cm³/mol. The Hall–Kier alpha value is -2.54. The molecule has 1 aliphatic rings. The van der Waals surface area contributed by atoms with E-state index in [-0.39, 0.29) is 23.2 Å². The molecule has 2 aromatic carbocycles. The van der Waals surface area contributed by atoms with E-state index in [1.54, 1.807) is 12.1 Å². The van der Waals surface area contributed by atoms with Crippen LogP contribution in [-0.2, 0) is 10.5 Å². The highest BCUT2D eigenvalue weighted by atomic mass is 32.2.